The van der Waals surface area contributed by atoms with Crippen LogP contribution in [-0.4, -0.2) is 65.0 Å². The summed E-state index contributed by atoms with van der Waals surface area (Å²) < 4.78 is 0. The largest absolute Gasteiger partial charge is 0.357 e. The van der Waals surface area contributed by atoms with E-state index in [2.05, 4.69) is 68.4 Å². The van der Waals surface area contributed by atoms with Gasteiger partial charge in [0, 0.05) is 52.2 Å². The summed E-state index contributed by atoms with van der Waals surface area (Å²) in [6.45, 7) is 8.88. The molecule has 0 aliphatic carbocycles. The third-order valence-electron chi connectivity index (χ3n) is 5.30. The van der Waals surface area contributed by atoms with E-state index in [1.165, 1.54) is 5.56 Å². The van der Waals surface area contributed by atoms with E-state index in [-0.39, 0.29) is 0 Å². The van der Waals surface area contributed by atoms with Gasteiger partial charge in [0.1, 0.15) is 5.82 Å². The van der Waals surface area contributed by atoms with Gasteiger partial charge >= 0.3 is 0 Å². The number of imidazole rings is 1. The zero-order valence-corrected chi connectivity index (χ0v) is 17.1. The lowest BCUT2D eigenvalue weighted by molar-refractivity contribution is 0.172. The van der Waals surface area contributed by atoms with Crippen LogP contribution in [0.2, 0.25) is 0 Å². The van der Waals surface area contributed by atoms with Gasteiger partial charge in [-0.15, -0.1) is 0 Å². The fourth-order valence-corrected chi connectivity index (χ4v) is 3.78. The van der Waals surface area contributed by atoms with Crippen LogP contribution in [0.5, 0.6) is 0 Å². The molecule has 152 valence electrons. The van der Waals surface area contributed by atoms with E-state index >= 15 is 0 Å². The highest BCUT2D eigenvalue weighted by molar-refractivity contribution is 5.80. The van der Waals surface area contributed by atoms with Gasteiger partial charge in [0.25, 0.3) is 0 Å². The maximum Gasteiger partial charge on any atom is 0.194 e. The van der Waals surface area contributed by atoms with Crippen LogP contribution in [0.4, 0.5) is 0 Å². The van der Waals surface area contributed by atoms with Crippen LogP contribution in [0.3, 0.4) is 0 Å². The van der Waals surface area contributed by atoms with Crippen molar-refractivity contribution in [3.05, 3.63) is 66.0 Å². The number of guanidine groups is 1. The highest BCUT2D eigenvalue weighted by Gasteiger charge is 2.19. The first-order valence-corrected chi connectivity index (χ1v) is 10.5. The number of fused-ring (bicyclic) bond motifs is 1. The fraction of sp³-hybridized carbons (Fsp3) is 0.391. The molecule has 6 heteroatoms. The van der Waals surface area contributed by atoms with Gasteiger partial charge in [-0.2, -0.15) is 0 Å². The number of hydrogen-bond donors (Lipinski definition) is 2. The zero-order valence-electron chi connectivity index (χ0n) is 17.1. The summed E-state index contributed by atoms with van der Waals surface area (Å²) in [6, 6.07) is 18.9. The Morgan fingerprint density at radius 1 is 1.03 bits per heavy atom. The molecule has 1 aliphatic rings. The Morgan fingerprint density at radius 3 is 2.55 bits per heavy atom. The van der Waals surface area contributed by atoms with Gasteiger partial charge in [0.15, 0.2) is 5.96 Å². The molecule has 6 nitrogen and oxygen atoms in total. The molecule has 0 atom stereocenters. The molecule has 0 saturated carbocycles. The van der Waals surface area contributed by atoms with E-state index in [9.17, 15) is 0 Å². The van der Waals surface area contributed by atoms with Gasteiger partial charge in [0.2, 0.25) is 0 Å². The molecule has 2 aromatic carbocycles. The van der Waals surface area contributed by atoms with Crippen molar-refractivity contribution in [3.63, 3.8) is 0 Å². The number of nitrogens with one attached hydrogen (secondary N) is 2. The number of piperazine rings is 1. The normalized spacial score (nSPS) is 15.8. The molecule has 1 fully saturated rings. The number of para-hydroxylation sites is 2. The number of benzene rings is 2. The molecule has 2 N–H and O–H groups in total. The van der Waals surface area contributed by atoms with Crippen LogP contribution in [0.25, 0.3) is 11.0 Å². The SMILES string of the molecule is CCNC(=NCCc1nc2ccccc2[nH]1)N1CCN(Cc2ccccc2)CC1. The van der Waals surface area contributed by atoms with Gasteiger partial charge in [-0.1, -0.05) is 42.5 Å². The summed E-state index contributed by atoms with van der Waals surface area (Å²) in [7, 11) is 0. The molecular weight excluding hydrogens is 360 g/mol. The van der Waals surface area contributed by atoms with Gasteiger partial charge < -0.3 is 15.2 Å². The van der Waals surface area contributed by atoms with Crippen LogP contribution in [0.1, 0.15) is 18.3 Å². The molecular formula is C23H30N6. The second-order valence-electron chi connectivity index (χ2n) is 7.44. The molecule has 4 rings (SSSR count). The topological polar surface area (TPSA) is 59.6 Å². The number of nitrogens with zero attached hydrogens (tertiary/aromatic N) is 4. The lowest BCUT2D eigenvalue weighted by atomic mass is 10.2. The van der Waals surface area contributed by atoms with E-state index in [1.54, 1.807) is 0 Å². The average molecular weight is 391 g/mol. The molecule has 0 spiro atoms. The first-order chi connectivity index (χ1) is 14.3. The van der Waals surface area contributed by atoms with E-state index in [1.807, 2.05) is 18.2 Å². The van der Waals surface area contributed by atoms with Gasteiger partial charge in [-0.3, -0.25) is 9.89 Å². The quantitative estimate of drug-likeness (QED) is 0.502. The lowest BCUT2D eigenvalue weighted by Crippen LogP contribution is -2.52. The Hall–Kier alpha value is -2.86. The minimum atomic E-state index is 0.729. The molecule has 1 saturated heterocycles. The van der Waals surface area contributed by atoms with Crippen molar-refractivity contribution in [1.82, 2.24) is 25.1 Å². The summed E-state index contributed by atoms with van der Waals surface area (Å²) in [6.07, 6.45) is 0.817. The Bertz CT molecular complexity index is 892. The molecule has 0 unspecified atom stereocenters. The molecule has 3 aromatic rings. The second-order valence-corrected chi connectivity index (χ2v) is 7.44. The maximum atomic E-state index is 4.86. The van der Waals surface area contributed by atoms with E-state index in [0.717, 1.165) is 75.1 Å². The molecule has 29 heavy (non-hydrogen) atoms. The molecule has 1 aromatic heterocycles. The van der Waals surface area contributed by atoms with E-state index in [0.29, 0.717) is 0 Å². The van der Waals surface area contributed by atoms with Crippen LogP contribution in [0, 0.1) is 0 Å². The Kier molecular flexibility index (Phi) is 6.42. The number of aromatic amines is 1. The molecule has 0 bridgehead atoms. The molecule has 0 radical (unpaired) electrons. The van der Waals surface area contributed by atoms with Crippen LogP contribution in [-0.2, 0) is 13.0 Å². The minimum Gasteiger partial charge on any atom is -0.357 e. The average Bonchev–Trinajstić information content (AvgIpc) is 3.17. The van der Waals surface area contributed by atoms with Gasteiger partial charge in [-0.05, 0) is 24.6 Å². The summed E-state index contributed by atoms with van der Waals surface area (Å²) in [5.74, 6) is 2.02. The van der Waals surface area contributed by atoms with Crippen molar-refractivity contribution < 1.29 is 0 Å². The van der Waals surface area contributed by atoms with Gasteiger partial charge in [0.05, 0.1) is 11.0 Å². The fourth-order valence-electron chi connectivity index (χ4n) is 3.78. The summed E-state index contributed by atoms with van der Waals surface area (Å²) in [5.41, 5.74) is 3.49. The third kappa shape index (κ3) is 5.15. The van der Waals surface area contributed by atoms with Crippen molar-refractivity contribution in [3.8, 4) is 0 Å². The number of aliphatic imine (C=N–C) groups is 1. The lowest BCUT2D eigenvalue weighted by Gasteiger charge is -2.36. The second kappa shape index (κ2) is 9.56. The van der Waals surface area contributed by atoms with Crippen LogP contribution in [0.15, 0.2) is 59.6 Å². The zero-order chi connectivity index (χ0) is 19.9. The van der Waals surface area contributed by atoms with Crippen LogP contribution < -0.4 is 5.32 Å². The highest BCUT2D eigenvalue weighted by Crippen LogP contribution is 2.11. The third-order valence-corrected chi connectivity index (χ3v) is 5.30. The highest BCUT2D eigenvalue weighted by atomic mass is 15.3. The van der Waals surface area contributed by atoms with Crippen molar-refractivity contribution in [2.24, 2.45) is 4.99 Å². The molecule has 1 aliphatic heterocycles. The van der Waals surface area contributed by atoms with Crippen molar-refractivity contribution in [1.29, 1.82) is 0 Å². The number of hydrogen-bond acceptors (Lipinski definition) is 3. The standard InChI is InChI=1S/C23H30N6/c1-2-24-23(25-13-12-22-26-20-10-6-7-11-21(20)27-22)29-16-14-28(15-17-29)18-19-8-4-3-5-9-19/h3-11H,2,12-18H2,1H3,(H,24,25)(H,26,27). The van der Waals surface area contributed by atoms with Crippen molar-refractivity contribution >= 4 is 17.0 Å². The summed E-state index contributed by atoms with van der Waals surface area (Å²) >= 11 is 0. The molecule has 0 amide bonds. The monoisotopic (exact) mass is 390 g/mol. The Balaban J connectivity index is 1.31. The predicted molar refractivity (Wildman–Crippen MR) is 119 cm³/mol. The number of aromatic nitrogens is 2. The maximum absolute atomic E-state index is 4.86. The predicted octanol–water partition coefficient (Wildman–Crippen LogP) is 2.89. The number of H-pyrrole nitrogens is 1. The Labute approximate surface area is 172 Å². The first-order valence-electron chi connectivity index (χ1n) is 10.5. The van der Waals surface area contributed by atoms with Crippen LogP contribution >= 0.6 is 0 Å². The summed E-state index contributed by atoms with van der Waals surface area (Å²) in [5, 5.41) is 3.46. The smallest absolute Gasteiger partial charge is 0.194 e. The van der Waals surface area contributed by atoms with E-state index in [4.69, 9.17) is 4.99 Å². The molecule has 2 heterocycles. The number of rotatable bonds is 6. The minimum absolute atomic E-state index is 0.729. The van der Waals surface area contributed by atoms with Gasteiger partial charge in [-0.25, -0.2) is 4.98 Å². The van der Waals surface area contributed by atoms with Crippen molar-refractivity contribution in [2.45, 2.75) is 19.9 Å². The Morgan fingerprint density at radius 2 is 1.79 bits per heavy atom. The first kappa shape index (κ1) is 19.5. The van der Waals surface area contributed by atoms with E-state index < -0.39 is 0 Å². The van der Waals surface area contributed by atoms with Crippen molar-refractivity contribution in [2.75, 3.05) is 39.3 Å². The summed E-state index contributed by atoms with van der Waals surface area (Å²) in [4.78, 5) is 17.8.